The van der Waals surface area contributed by atoms with E-state index in [-0.39, 0.29) is 6.04 Å². The molecule has 1 saturated heterocycles. The third-order valence-electron chi connectivity index (χ3n) is 4.76. The molecule has 1 aromatic carbocycles. The maximum atomic E-state index is 12.7. The Morgan fingerprint density at radius 3 is 2.89 bits per heavy atom. The molecule has 3 aliphatic rings. The number of rotatable bonds is 2. The van der Waals surface area contributed by atoms with Crippen LogP contribution in [0.1, 0.15) is 24.8 Å². The van der Waals surface area contributed by atoms with Crippen LogP contribution in [0.4, 0.5) is 5.69 Å². The molecule has 1 aromatic rings. The van der Waals surface area contributed by atoms with Crippen LogP contribution < -0.4 is 5.32 Å². The summed E-state index contributed by atoms with van der Waals surface area (Å²) in [7, 11) is -3.30. The number of benzene rings is 1. The van der Waals surface area contributed by atoms with E-state index in [0.29, 0.717) is 10.8 Å². The number of hydrogen-bond donors (Lipinski definition) is 1. The number of nitrogens with zero attached hydrogens (tertiary/aromatic N) is 1. The number of sulfonamides is 1. The Labute approximate surface area is 113 Å². The third-order valence-corrected chi connectivity index (χ3v) is 6.67. The molecule has 1 aliphatic carbocycles. The lowest BCUT2D eigenvalue weighted by atomic mass is 10.1. The molecule has 2 atom stereocenters. The minimum Gasteiger partial charge on any atom is -0.384 e. The van der Waals surface area contributed by atoms with E-state index in [2.05, 4.69) is 5.32 Å². The van der Waals surface area contributed by atoms with Gasteiger partial charge in [0.2, 0.25) is 10.0 Å². The molecule has 2 fully saturated rings. The predicted octanol–water partition coefficient (Wildman–Crippen LogP) is 1.83. The average molecular weight is 278 g/mol. The fraction of sp³-hybridized carbons (Fsp3) is 0.571. The Morgan fingerprint density at radius 1 is 1.26 bits per heavy atom. The van der Waals surface area contributed by atoms with E-state index in [0.717, 1.165) is 38.0 Å². The SMILES string of the molecule is O=S(=O)(c1ccc2c(c1)NCC2)N1CC2CCC1C2. The summed E-state index contributed by atoms with van der Waals surface area (Å²) in [4.78, 5) is 0.452. The second-order valence-corrected chi connectivity index (χ2v) is 7.79. The standard InChI is InChI=1S/C14H18N2O2S/c17-19(18,16-9-10-1-3-12(16)7-10)13-4-2-11-5-6-15-14(11)8-13/h2,4,8,10,12,15H,1,3,5-7,9H2. The summed E-state index contributed by atoms with van der Waals surface area (Å²) in [5.74, 6) is 0.590. The number of hydrogen-bond acceptors (Lipinski definition) is 3. The van der Waals surface area contributed by atoms with Crippen molar-refractivity contribution in [2.45, 2.75) is 36.6 Å². The maximum absolute atomic E-state index is 12.7. The third kappa shape index (κ3) is 1.71. The van der Waals surface area contributed by atoms with Crippen LogP contribution in [0.2, 0.25) is 0 Å². The first-order valence-electron chi connectivity index (χ1n) is 7.03. The van der Waals surface area contributed by atoms with Crippen molar-refractivity contribution in [3.63, 3.8) is 0 Å². The van der Waals surface area contributed by atoms with Crippen LogP contribution in [-0.4, -0.2) is 31.9 Å². The molecule has 2 aliphatic heterocycles. The van der Waals surface area contributed by atoms with Crippen LogP contribution in [0.5, 0.6) is 0 Å². The van der Waals surface area contributed by atoms with Crippen molar-refractivity contribution in [1.82, 2.24) is 4.31 Å². The van der Waals surface area contributed by atoms with E-state index < -0.39 is 10.0 Å². The van der Waals surface area contributed by atoms with E-state index in [1.54, 1.807) is 10.4 Å². The molecular formula is C14H18N2O2S. The Bertz CT molecular complexity index is 626. The summed E-state index contributed by atoms with van der Waals surface area (Å²) in [6, 6.07) is 5.78. The first-order chi connectivity index (χ1) is 9.14. The molecule has 1 N–H and O–H groups in total. The lowest BCUT2D eigenvalue weighted by Crippen LogP contribution is -2.37. The molecule has 5 heteroatoms. The smallest absolute Gasteiger partial charge is 0.243 e. The number of nitrogens with one attached hydrogen (secondary N) is 1. The molecular weight excluding hydrogens is 260 g/mol. The molecule has 0 amide bonds. The van der Waals surface area contributed by atoms with Crippen molar-refractivity contribution >= 4 is 15.7 Å². The van der Waals surface area contributed by atoms with Gasteiger partial charge >= 0.3 is 0 Å². The van der Waals surface area contributed by atoms with Crippen molar-refractivity contribution < 1.29 is 8.42 Å². The first kappa shape index (κ1) is 11.7. The second-order valence-electron chi connectivity index (χ2n) is 5.90. The van der Waals surface area contributed by atoms with Gasteiger partial charge in [0.25, 0.3) is 0 Å². The molecule has 0 aromatic heterocycles. The van der Waals surface area contributed by atoms with Gasteiger partial charge in [0, 0.05) is 24.8 Å². The van der Waals surface area contributed by atoms with Crippen LogP contribution in [-0.2, 0) is 16.4 Å². The maximum Gasteiger partial charge on any atom is 0.243 e. The molecule has 2 bridgehead atoms. The van der Waals surface area contributed by atoms with Crippen LogP contribution in [0, 0.1) is 5.92 Å². The highest BCUT2D eigenvalue weighted by molar-refractivity contribution is 7.89. The van der Waals surface area contributed by atoms with E-state index in [1.165, 1.54) is 12.0 Å². The van der Waals surface area contributed by atoms with Crippen LogP contribution >= 0.6 is 0 Å². The van der Waals surface area contributed by atoms with Crippen molar-refractivity contribution in [2.24, 2.45) is 5.92 Å². The average Bonchev–Trinajstić information content (AvgIpc) is 3.13. The highest BCUT2D eigenvalue weighted by atomic mass is 32.2. The van der Waals surface area contributed by atoms with Gasteiger partial charge in [-0.2, -0.15) is 4.31 Å². The van der Waals surface area contributed by atoms with Gasteiger partial charge < -0.3 is 5.32 Å². The number of piperidine rings is 1. The quantitative estimate of drug-likeness (QED) is 0.898. The lowest BCUT2D eigenvalue weighted by molar-refractivity contribution is 0.333. The summed E-state index contributed by atoms with van der Waals surface area (Å²) < 4.78 is 27.2. The minimum absolute atomic E-state index is 0.246. The Morgan fingerprint density at radius 2 is 2.16 bits per heavy atom. The minimum atomic E-state index is -3.30. The molecule has 0 spiro atoms. The second kappa shape index (κ2) is 3.96. The summed E-state index contributed by atoms with van der Waals surface area (Å²) in [6.45, 7) is 1.63. The van der Waals surface area contributed by atoms with Gasteiger partial charge in [-0.3, -0.25) is 0 Å². The fourth-order valence-corrected chi connectivity index (χ4v) is 5.51. The van der Waals surface area contributed by atoms with Gasteiger partial charge in [-0.15, -0.1) is 0 Å². The molecule has 102 valence electrons. The summed E-state index contributed by atoms with van der Waals surface area (Å²) in [5.41, 5.74) is 2.22. The van der Waals surface area contributed by atoms with Crippen LogP contribution in [0.25, 0.3) is 0 Å². The highest BCUT2D eigenvalue weighted by Gasteiger charge is 2.44. The number of fused-ring (bicyclic) bond motifs is 3. The van der Waals surface area contributed by atoms with Crippen molar-refractivity contribution in [3.8, 4) is 0 Å². The molecule has 2 unspecified atom stereocenters. The summed E-state index contributed by atoms with van der Waals surface area (Å²) in [5, 5.41) is 3.25. The molecule has 19 heavy (non-hydrogen) atoms. The van der Waals surface area contributed by atoms with Crippen molar-refractivity contribution in [1.29, 1.82) is 0 Å². The summed E-state index contributed by atoms with van der Waals surface area (Å²) in [6.07, 6.45) is 4.28. The van der Waals surface area contributed by atoms with Crippen molar-refractivity contribution in [3.05, 3.63) is 23.8 Å². The van der Waals surface area contributed by atoms with Gasteiger partial charge in [-0.05, 0) is 49.3 Å². The zero-order valence-electron chi connectivity index (χ0n) is 10.8. The zero-order chi connectivity index (χ0) is 13.0. The largest absolute Gasteiger partial charge is 0.384 e. The molecule has 2 heterocycles. The van der Waals surface area contributed by atoms with E-state index in [9.17, 15) is 8.42 Å². The van der Waals surface area contributed by atoms with Gasteiger partial charge in [0.15, 0.2) is 0 Å². The first-order valence-corrected chi connectivity index (χ1v) is 8.47. The molecule has 4 rings (SSSR count). The van der Waals surface area contributed by atoms with Crippen LogP contribution in [0.15, 0.2) is 23.1 Å². The fourth-order valence-electron chi connectivity index (χ4n) is 3.74. The lowest BCUT2D eigenvalue weighted by Gasteiger charge is -2.26. The molecule has 0 radical (unpaired) electrons. The predicted molar refractivity (Wildman–Crippen MR) is 73.7 cm³/mol. The molecule has 4 nitrogen and oxygen atoms in total. The normalized spacial score (nSPS) is 29.5. The highest BCUT2D eigenvalue weighted by Crippen LogP contribution is 2.41. The van der Waals surface area contributed by atoms with Gasteiger partial charge in [0.05, 0.1) is 4.90 Å². The number of anilines is 1. The van der Waals surface area contributed by atoms with Gasteiger partial charge in [-0.1, -0.05) is 6.07 Å². The Kier molecular flexibility index (Phi) is 2.45. The monoisotopic (exact) mass is 278 g/mol. The van der Waals surface area contributed by atoms with Crippen molar-refractivity contribution in [2.75, 3.05) is 18.4 Å². The van der Waals surface area contributed by atoms with Gasteiger partial charge in [0.1, 0.15) is 0 Å². The van der Waals surface area contributed by atoms with Gasteiger partial charge in [-0.25, -0.2) is 8.42 Å². The van der Waals surface area contributed by atoms with Crippen LogP contribution in [0.3, 0.4) is 0 Å². The molecule has 1 saturated carbocycles. The van der Waals surface area contributed by atoms with E-state index in [4.69, 9.17) is 0 Å². The topological polar surface area (TPSA) is 49.4 Å². The Hall–Kier alpha value is -1.07. The van der Waals surface area contributed by atoms with E-state index in [1.807, 2.05) is 12.1 Å². The van der Waals surface area contributed by atoms with E-state index >= 15 is 0 Å². The Balaban J connectivity index is 1.71. The zero-order valence-corrected chi connectivity index (χ0v) is 11.6. The summed E-state index contributed by atoms with van der Waals surface area (Å²) >= 11 is 0.